The number of nitrogens with one attached hydrogen (secondary N) is 3. The van der Waals surface area contributed by atoms with Gasteiger partial charge in [0.15, 0.2) is 5.84 Å². The van der Waals surface area contributed by atoms with E-state index in [0.29, 0.717) is 35.1 Å². The van der Waals surface area contributed by atoms with Crippen LogP contribution in [0.5, 0.6) is 0 Å². The monoisotopic (exact) mass is 542 g/mol. The van der Waals surface area contributed by atoms with Crippen LogP contribution in [-0.2, 0) is 6.42 Å². The molecule has 2 aliphatic heterocycles. The quantitative estimate of drug-likeness (QED) is 0.179. The van der Waals surface area contributed by atoms with Crippen LogP contribution in [0.1, 0.15) is 49.3 Å². The van der Waals surface area contributed by atoms with E-state index in [2.05, 4.69) is 74.6 Å². The summed E-state index contributed by atoms with van der Waals surface area (Å²) in [6.07, 6.45) is 5.64. The third kappa shape index (κ3) is 6.67. The summed E-state index contributed by atoms with van der Waals surface area (Å²) in [7, 11) is 1.74. The first-order valence-corrected chi connectivity index (χ1v) is 14.9. The topological polar surface area (TPSA) is 116 Å². The predicted octanol–water partition coefficient (Wildman–Crippen LogP) is 2.91. The molecule has 0 amide bonds. The molecule has 1 aliphatic carbocycles. The largest absolute Gasteiger partial charge is 0.398 e. The molecular weight excluding hydrogens is 496 g/mol. The number of benzene rings is 2. The molecule has 8 heteroatoms. The predicted molar refractivity (Wildman–Crippen MR) is 166 cm³/mol. The Balaban J connectivity index is 1.28. The summed E-state index contributed by atoms with van der Waals surface area (Å²) in [6, 6.07) is 19.2. The highest BCUT2D eigenvalue weighted by molar-refractivity contribution is 6.26. The second-order valence-electron chi connectivity index (χ2n) is 11.8. The van der Waals surface area contributed by atoms with Gasteiger partial charge in [0.05, 0.1) is 11.3 Å². The highest BCUT2D eigenvalue weighted by Crippen LogP contribution is 2.44. The van der Waals surface area contributed by atoms with Crippen LogP contribution in [0.25, 0.3) is 5.70 Å². The van der Waals surface area contributed by atoms with Gasteiger partial charge in [0.2, 0.25) is 0 Å². The van der Waals surface area contributed by atoms with Gasteiger partial charge in [-0.15, -0.1) is 0 Å². The van der Waals surface area contributed by atoms with Gasteiger partial charge in [-0.1, -0.05) is 54.6 Å². The number of aliphatic imine (C=N–C) groups is 1. The lowest BCUT2D eigenvalue weighted by Gasteiger charge is -2.55. The van der Waals surface area contributed by atoms with Crippen molar-refractivity contribution in [2.24, 2.45) is 32.9 Å². The highest BCUT2D eigenvalue weighted by Gasteiger charge is 2.45. The lowest BCUT2D eigenvalue weighted by Crippen LogP contribution is -2.61. The Hall–Kier alpha value is -3.36. The molecule has 1 saturated carbocycles. The lowest BCUT2D eigenvalue weighted by atomic mass is 9.67. The van der Waals surface area contributed by atoms with E-state index >= 15 is 0 Å². The first-order valence-electron chi connectivity index (χ1n) is 14.9. The summed E-state index contributed by atoms with van der Waals surface area (Å²) in [5, 5.41) is 11.4. The van der Waals surface area contributed by atoms with Gasteiger partial charge in [-0.25, -0.2) is 0 Å². The SMILES string of the molecule is CCN=C(NC1CCC2(CC1)CN(CC1CNC1)C2)C(C(N)=NNC)=C(N)c1ccc(Cc2ccccc2)cc1. The minimum Gasteiger partial charge on any atom is -0.398 e. The molecule has 40 heavy (non-hydrogen) atoms. The molecule has 2 saturated heterocycles. The van der Waals surface area contributed by atoms with Crippen molar-refractivity contribution in [3.63, 3.8) is 0 Å². The Labute approximate surface area is 239 Å². The van der Waals surface area contributed by atoms with Gasteiger partial charge in [-0.05, 0) is 67.1 Å². The molecule has 2 heterocycles. The molecule has 0 radical (unpaired) electrons. The normalized spacial score (nSPS) is 20.9. The lowest BCUT2D eigenvalue weighted by molar-refractivity contribution is -0.0439. The van der Waals surface area contributed by atoms with E-state index in [9.17, 15) is 0 Å². The molecule has 7 N–H and O–H groups in total. The molecular formula is C32H46N8. The van der Waals surface area contributed by atoms with Crippen LogP contribution in [0.15, 0.2) is 70.3 Å². The number of hydrogen-bond acceptors (Lipinski definition) is 6. The number of hydrazone groups is 1. The number of nitrogens with zero attached hydrogens (tertiary/aromatic N) is 3. The summed E-state index contributed by atoms with van der Waals surface area (Å²) in [4.78, 5) is 7.50. The number of rotatable bonds is 10. The Bertz CT molecular complexity index is 1200. The van der Waals surface area contributed by atoms with Crippen molar-refractivity contribution in [2.45, 2.75) is 45.1 Å². The van der Waals surface area contributed by atoms with Crippen LogP contribution in [0, 0.1) is 11.3 Å². The summed E-state index contributed by atoms with van der Waals surface area (Å²) in [5.74, 6) is 1.92. The van der Waals surface area contributed by atoms with Crippen LogP contribution < -0.4 is 27.5 Å². The number of nitrogens with two attached hydrogens (primary N) is 2. The van der Waals surface area contributed by atoms with Crippen molar-refractivity contribution in [1.82, 2.24) is 21.0 Å². The minimum atomic E-state index is 0.334. The van der Waals surface area contributed by atoms with Gasteiger partial charge in [-0.3, -0.25) is 4.99 Å². The van der Waals surface area contributed by atoms with Crippen molar-refractivity contribution in [3.05, 3.63) is 76.9 Å². The van der Waals surface area contributed by atoms with Crippen LogP contribution in [-0.4, -0.2) is 68.9 Å². The first-order chi connectivity index (χ1) is 19.5. The Kier molecular flexibility index (Phi) is 9.07. The summed E-state index contributed by atoms with van der Waals surface area (Å²) < 4.78 is 0. The van der Waals surface area contributed by atoms with Crippen LogP contribution in [0.3, 0.4) is 0 Å². The maximum absolute atomic E-state index is 6.81. The molecule has 0 aromatic heterocycles. The molecule has 0 unspecified atom stereocenters. The fourth-order valence-corrected chi connectivity index (χ4v) is 6.45. The Morgan fingerprint density at radius 3 is 2.27 bits per heavy atom. The molecule has 0 atom stereocenters. The number of likely N-dealkylation sites (tertiary alicyclic amines) is 1. The van der Waals surface area contributed by atoms with Crippen molar-refractivity contribution >= 4 is 17.4 Å². The summed E-state index contributed by atoms with van der Waals surface area (Å²) >= 11 is 0. The average Bonchev–Trinajstić information content (AvgIpc) is 2.92. The zero-order chi connectivity index (χ0) is 28.0. The van der Waals surface area contributed by atoms with E-state index in [4.69, 9.17) is 16.5 Å². The molecule has 2 aromatic rings. The zero-order valence-corrected chi connectivity index (χ0v) is 24.1. The maximum atomic E-state index is 6.81. The smallest absolute Gasteiger partial charge is 0.156 e. The minimum absolute atomic E-state index is 0.334. The Morgan fingerprint density at radius 2 is 1.68 bits per heavy atom. The molecule has 8 nitrogen and oxygen atoms in total. The first kappa shape index (κ1) is 28.2. The fraction of sp³-hybridized carbons (Fsp3) is 0.500. The van der Waals surface area contributed by atoms with Gasteiger partial charge in [-0.2, -0.15) is 5.10 Å². The van der Waals surface area contributed by atoms with Gasteiger partial charge in [0.25, 0.3) is 0 Å². The zero-order valence-electron chi connectivity index (χ0n) is 24.1. The van der Waals surface area contributed by atoms with Crippen LogP contribution >= 0.6 is 0 Å². The van der Waals surface area contributed by atoms with Gasteiger partial charge >= 0.3 is 0 Å². The third-order valence-corrected chi connectivity index (χ3v) is 8.71. The summed E-state index contributed by atoms with van der Waals surface area (Å²) in [5.41, 5.74) is 21.3. The van der Waals surface area contributed by atoms with Crippen molar-refractivity contribution < 1.29 is 0 Å². The third-order valence-electron chi connectivity index (χ3n) is 8.71. The number of amidine groups is 2. The van der Waals surface area contributed by atoms with Crippen molar-refractivity contribution in [1.29, 1.82) is 0 Å². The van der Waals surface area contributed by atoms with Gasteiger partial charge in [0.1, 0.15) is 5.84 Å². The molecule has 5 rings (SSSR count). The molecule has 0 bridgehead atoms. The molecule has 3 fully saturated rings. The van der Waals surface area contributed by atoms with E-state index in [1.54, 1.807) is 7.05 Å². The van der Waals surface area contributed by atoms with Crippen LogP contribution in [0.4, 0.5) is 0 Å². The van der Waals surface area contributed by atoms with Gasteiger partial charge < -0.3 is 32.4 Å². The second kappa shape index (κ2) is 12.9. The second-order valence-corrected chi connectivity index (χ2v) is 11.8. The van der Waals surface area contributed by atoms with E-state index in [0.717, 1.165) is 36.6 Å². The average molecular weight is 543 g/mol. The van der Waals surface area contributed by atoms with E-state index < -0.39 is 0 Å². The highest BCUT2D eigenvalue weighted by atomic mass is 15.3. The van der Waals surface area contributed by atoms with E-state index in [1.165, 1.54) is 56.7 Å². The molecule has 214 valence electrons. The van der Waals surface area contributed by atoms with Gasteiger partial charge in [0, 0.05) is 52.4 Å². The fourth-order valence-electron chi connectivity index (χ4n) is 6.45. The molecule has 2 aromatic carbocycles. The van der Waals surface area contributed by atoms with Crippen molar-refractivity contribution in [2.75, 3.05) is 46.3 Å². The maximum Gasteiger partial charge on any atom is 0.156 e. The molecule has 3 aliphatic rings. The van der Waals surface area contributed by atoms with Crippen molar-refractivity contribution in [3.8, 4) is 0 Å². The van der Waals surface area contributed by atoms with Crippen LogP contribution in [0.2, 0.25) is 0 Å². The van der Waals surface area contributed by atoms with E-state index in [1.807, 2.05) is 13.0 Å². The number of hydrogen-bond donors (Lipinski definition) is 5. The Morgan fingerprint density at radius 1 is 1.00 bits per heavy atom. The summed E-state index contributed by atoms with van der Waals surface area (Å²) in [6.45, 7) is 8.81. The molecule has 1 spiro atoms. The standard InChI is InChI=1S/C32H46N8/c1-3-37-31(38-27-13-15-32(16-14-27)21-40(22-32)20-25-18-36-19-25)28(30(34)39-35-2)29(33)26-11-9-24(10-12-26)17-23-7-5-4-6-8-23/h4-12,25,27,35-36H,3,13-22,33H2,1-2H3,(H2,34,39)(H,37,38). The van der Waals surface area contributed by atoms with E-state index in [-0.39, 0.29) is 0 Å².